The van der Waals surface area contributed by atoms with Gasteiger partial charge < -0.3 is 5.11 Å². The van der Waals surface area contributed by atoms with Crippen LogP contribution in [0.2, 0.25) is 0 Å². The first-order valence-electron chi connectivity index (χ1n) is 5.76. The van der Waals surface area contributed by atoms with Gasteiger partial charge in [0.15, 0.2) is 0 Å². The molecule has 0 radical (unpaired) electrons. The van der Waals surface area contributed by atoms with Gasteiger partial charge in [0.25, 0.3) is 10.1 Å². The second kappa shape index (κ2) is 5.42. The third-order valence-electron chi connectivity index (χ3n) is 2.89. The van der Waals surface area contributed by atoms with Gasteiger partial charge >= 0.3 is 0 Å². The molecule has 0 aliphatic rings. The molecular formula is C14H14O4S. The van der Waals surface area contributed by atoms with Gasteiger partial charge in [-0.1, -0.05) is 42.5 Å². The van der Waals surface area contributed by atoms with Gasteiger partial charge in [0.1, 0.15) is 11.0 Å². The van der Waals surface area contributed by atoms with Crippen LogP contribution in [0.15, 0.2) is 54.6 Å². The van der Waals surface area contributed by atoms with Gasteiger partial charge in [-0.25, -0.2) is 0 Å². The van der Waals surface area contributed by atoms with Gasteiger partial charge in [-0.05, 0) is 29.7 Å². The Balaban J connectivity index is 2.35. The van der Waals surface area contributed by atoms with E-state index in [2.05, 4.69) is 0 Å². The molecule has 2 rings (SSSR count). The molecule has 1 atom stereocenters. The summed E-state index contributed by atoms with van der Waals surface area (Å²) in [6, 6.07) is 14.9. The zero-order valence-corrected chi connectivity index (χ0v) is 10.9. The van der Waals surface area contributed by atoms with E-state index in [0.29, 0.717) is 5.56 Å². The third kappa shape index (κ3) is 3.56. The van der Waals surface area contributed by atoms with Crippen LogP contribution < -0.4 is 0 Å². The lowest BCUT2D eigenvalue weighted by Crippen LogP contribution is -2.14. The van der Waals surface area contributed by atoms with Crippen LogP contribution in [0.3, 0.4) is 0 Å². The summed E-state index contributed by atoms with van der Waals surface area (Å²) >= 11 is 0. The minimum Gasteiger partial charge on any atom is -0.508 e. The van der Waals surface area contributed by atoms with E-state index in [0.717, 1.165) is 5.56 Å². The van der Waals surface area contributed by atoms with E-state index < -0.39 is 15.4 Å². The number of hydrogen-bond acceptors (Lipinski definition) is 3. The Labute approximate surface area is 112 Å². The van der Waals surface area contributed by atoms with Crippen molar-refractivity contribution < 1.29 is 18.1 Å². The fourth-order valence-electron chi connectivity index (χ4n) is 1.91. The molecule has 5 heteroatoms. The van der Waals surface area contributed by atoms with Crippen molar-refractivity contribution in [1.82, 2.24) is 0 Å². The first-order valence-corrected chi connectivity index (χ1v) is 7.26. The van der Waals surface area contributed by atoms with Gasteiger partial charge in [-0.3, -0.25) is 4.55 Å². The predicted octanol–water partition coefficient (Wildman–Crippen LogP) is 2.56. The highest BCUT2D eigenvalue weighted by molar-refractivity contribution is 7.86. The lowest BCUT2D eigenvalue weighted by Gasteiger charge is -2.14. The Kier molecular flexibility index (Phi) is 3.87. The molecule has 0 aromatic heterocycles. The van der Waals surface area contributed by atoms with Crippen molar-refractivity contribution in [2.24, 2.45) is 0 Å². The summed E-state index contributed by atoms with van der Waals surface area (Å²) in [5.41, 5.74) is 1.27. The SMILES string of the molecule is O=S(=O)(O)C(Cc1ccccc1)c1ccc(O)cc1. The van der Waals surface area contributed by atoms with Gasteiger partial charge in [0.05, 0.1) is 0 Å². The van der Waals surface area contributed by atoms with Gasteiger partial charge in [-0.15, -0.1) is 0 Å². The zero-order chi connectivity index (χ0) is 13.9. The predicted molar refractivity (Wildman–Crippen MR) is 72.5 cm³/mol. The largest absolute Gasteiger partial charge is 0.508 e. The summed E-state index contributed by atoms with van der Waals surface area (Å²) in [5, 5.41) is 8.19. The molecule has 0 aliphatic heterocycles. The average molecular weight is 278 g/mol. The van der Waals surface area contributed by atoms with Crippen LogP contribution in [-0.2, 0) is 16.5 Å². The Morgan fingerprint density at radius 1 is 0.947 bits per heavy atom. The highest BCUT2D eigenvalue weighted by atomic mass is 32.2. The standard InChI is InChI=1S/C14H14O4S/c15-13-8-6-12(7-9-13)14(19(16,17)18)10-11-4-2-1-3-5-11/h1-9,14-15H,10H2,(H,16,17,18). The minimum atomic E-state index is -4.21. The van der Waals surface area contributed by atoms with Crippen LogP contribution in [-0.4, -0.2) is 18.1 Å². The van der Waals surface area contributed by atoms with Crippen LogP contribution in [0.1, 0.15) is 16.4 Å². The molecule has 0 fully saturated rings. The molecule has 2 aromatic rings. The number of phenolic OH excluding ortho intramolecular Hbond substituents is 1. The molecule has 1 unspecified atom stereocenters. The number of aromatic hydroxyl groups is 1. The fraction of sp³-hybridized carbons (Fsp3) is 0.143. The maximum atomic E-state index is 11.5. The maximum absolute atomic E-state index is 11.5. The normalized spacial score (nSPS) is 13.1. The van der Waals surface area contributed by atoms with E-state index >= 15 is 0 Å². The van der Waals surface area contributed by atoms with Crippen molar-refractivity contribution in [1.29, 1.82) is 0 Å². The molecule has 0 spiro atoms. The fourth-order valence-corrected chi connectivity index (χ4v) is 2.82. The van der Waals surface area contributed by atoms with Crippen molar-refractivity contribution in [2.75, 3.05) is 0 Å². The van der Waals surface area contributed by atoms with E-state index in [1.807, 2.05) is 18.2 Å². The summed E-state index contributed by atoms with van der Waals surface area (Å²) < 4.78 is 32.4. The summed E-state index contributed by atoms with van der Waals surface area (Å²) in [6.45, 7) is 0. The molecule has 19 heavy (non-hydrogen) atoms. The first-order chi connectivity index (χ1) is 8.97. The van der Waals surface area contributed by atoms with Crippen molar-refractivity contribution in [3.8, 4) is 5.75 Å². The van der Waals surface area contributed by atoms with E-state index in [9.17, 15) is 18.1 Å². The average Bonchev–Trinajstić information content (AvgIpc) is 2.37. The van der Waals surface area contributed by atoms with Gasteiger partial charge in [0, 0.05) is 0 Å². The molecule has 0 bridgehead atoms. The van der Waals surface area contributed by atoms with Crippen LogP contribution in [0.5, 0.6) is 5.75 Å². The van der Waals surface area contributed by atoms with Crippen molar-refractivity contribution in [2.45, 2.75) is 11.7 Å². The Morgan fingerprint density at radius 2 is 1.53 bits per heavy atom. The van der Waals surface area contributed by atoms with Crippen LogP contribution in [0.4, 0.5) is 0 Å². The second-order valence-electron chi connectivity index (χ2n) is 4.28. The van der Waals surface area contributed by atoms with Crippen LogP contribution in [0, 0.1) is 0 Å². The number of hydrogen-bond donors (Lipinski definition) is 2. The smallest absolute Gasteiger partial charge is 0.272 e. The molecule has 4 nitrogen and oxygen atoms in total. The molecule has 0 amide bonds. The first kappa shape index (κ1) is 13.6. The van der Waals surface area contributed by atoms with E-state index in [1.54, 1.807) is 12.1 Å². The third-order valence-corrected chi connectivity index (χ3v) is 4.05. The molecular weight excluding hydrogens is 264 g/mol. The molecule has 100 valence electrons. The van der Waals surface area contributed by atoms with Crippen LogP contribution >= 0.6 is 0 Å². The van der Waals surface area contributed by atoms with Crippen LogP contribution in [0.25, 0.3) is 0 Å². The Morgan fingerprint density at radius 3 is 2.05 bits per heavy atom. The van der Waals surface area contributed by atoms with E-state index in [4.69, 9.17) is 0 Å². The summed E-state index contributed by atoms with van der Waals surface area (Å²) in [7, 11) is -4.21. The number of rotatable bonds is 4. The highest BCUT2D eigenvalue weighted by Gasteiger charge is 2.25. The molecule has 0 saturated carbocycles. The van der Waals surface area contributed by atoms with Crippen molar-refractivity contribution in [3.05, 3.63) is 65.7 Å². The lowest BCUT2D eigenvalue weighted by atomic mass is 10.0. The zero-order valence-electron chi connectivity index (χ0n) is 10.1. The van der Waals surface area contributed by atoms with Crippen molar-refractivity contribution >= 4 is 10.1 Å². The Hall–Kier alpha value is -1.85. The molecule has 0 aliphatic carbocycles. The topological polar surface area (TPSA) is 74.6 Å². The van der Waals surface area contributed by atoms with E-state index in [-0.39, 0.29) is 12.2 Å². The second-order valence-corrected chi connectivity index (χ2v) is 5.88. The summed E-state index contributed by atoms with van der Waals surface area (Å²) in [5.74, 6) is 0.0533. The quantitative estimate of drug-likeness (QED) is 0.843. The van der Waals surface area contributed by atoms with E-state index in [1.165, 1.54) is 24.3 Å². The molecule has 0 saturated heterocycles. The molecule has 2 N–H and O–H groups in total. The minimum absolute atomic E-state index is 0.0533. The van der Waals surface area contributed by atoms with Gasteiger partial charge in [-0.2, -0.15) is 8.42 Å². The summed E-state index contributed by atoms with van der Waals surface area (Å²) in [4.78, 5) is 0. The molecule has 2 aromatic carbocycles. The van der Waals surface area contributed by atoms with Gasteiger partial charge in [0.2, 0.25) is 0 Å². The Bertz CT molecular complexity index is 633. The van der Waals surface area contributed by atoms with Crippen molar-refractivity contribution in [3.63, 3.8) is 0 Å². The number of phenols is 1. The summed E-state index contributed by atoms with van der Waals surface area (Å²) in [6.07, 6.45) is 0.185. The maximum Gasteiger partial charge on any atom is 0.272 e. The monoisotopic (exact) mass is 278 g/mol. The molecule has 0 heterocycles. The number of benzene rings is 2. The lowest BCUT2D eigenvalue weighted by molar-refractivity contribution is 0.465. The highest BCUT2D eigenvalue weighted by Crippen LogP contribution is 2.27.